The summed E-state index contributed by atoms with van der Waals surface area (Å²) in [6.07, 6.45) is -4.16. The number of Topliss-reactive ketones (excluding diaryl/α,β-unsaturated/α-hetero) is 1. The Morgan fingerprint density at radius 2 is 1.48 bits per heavy atom. The SMILES string of the molecule is CC(=O)OC[C@H]1O[C@@H](n2cc(COC3=CC(=O)c4ccccc4C3=O)nn2)[C@H](OC(C)=O)[C@@H](OC(C)=O)[C@H]1OC(C)=O. The summed E-state index contributed by atoms with van der Waals surface area (Å²) < 4.78 is 34.0. The number of nitrogens with zero attached hydrogens (tertiary/aromatic N) is 3. The molecule has 15 nitrogen and oxygen atoms in total. The van der Waals surface area contributed by atoms with Gasteiger partial charge in [-0.25, -0.2) is 4.68 Å². The molecule has 15 heteroatoms. The molecular formula is C27H27N3O12. The number of esters is 4. The fourth-order valence-corrected chi connectivity index (χ4v) is 4.47. The highest BCUT2D eigenvalue weighted by molar-refractivity contribution is 6.23. The number of allylic oxidation sites excluding steroid dienone is 2. The van der Waals surface area contributed by atoms with Gasteiger partial charge in [-0.2, -0.15) is 0 Å². The fraction of sp³-hybridized carbons (Fsp3) is 0.407. The summed E-state index contributed by atoms with van der Waals surface area (Å²) in [5.74, 6) is -4.02. The van der Waals surface area contributed by atoms with E-state index in [-0.39, 0.29) is 35.0 Å². The van der Waals surface area contributed by atoms with E-state index in [2.05, 4.69) is 10.3 Å². The Labute approximate surface area is 238 Å². The molecule has 1 aromatic carbocycles. The monoisotopic (exact) mass is 585 g/mol. The molecule has 42 heavy (non-hydrogen) atoms. The molecule has 2 heterocycles. The van der Waals surface area contributed by atoms with Gasteiger partial charge in [0.1, 0.15) is 25.0 Å². The summed E-state index contributed by atoms with van der Waals surface area (Å²) in [4.78, 5) is 72.7. The highest BCUT2D eigenvalue weighted by Gasteiger charge is 2.53. The Hall–Kier alpha value is -4.92. The lowest BCUT2D eigenvalue weighted by Crippen LogP contribution is -2.60. The Balaban J connectivity index is 1.60. The smallest absolute Gasteiger partial charge is 0.303 e. The zero-order chi connectivity index (χ0) is 30.6. The number of hydrogen-bond donors (Lipinski definition) is 0. The van der Waals surface area contributed by atoms with Crippen LogP contribution in [0.25, 0.3) is 0 Å². The van der Waals surface area contributed by atoms with Crippen molar-refractivity contribution in [3.8, 4) is 0 Å². The van der Waals surface area contributed by atoms with E-state index in [9.17, 15) is 28.8 Å². The highest BCUT2D eigenvalue weighted by Crippen LogP contribution is 2.34. The van der Waals surface area contributed by atoms with Crippen LogP contribution in [0.15, 0.2) is 42.3 Å². The molecule has 1 fully saturated rings. The van der Waals surface area contributed by atoms with Crippen molar-refractivity contribution in [1.29, 1.82) is 0 Å². The predicted molar refractivity (Wildman–Crippen MR) is 135 cm³/mol. The summed E-state index contributed by atoms with van der Waals surface area (Å²) >= 11 is 0. The van der Waals surface area contributed by atoms with E-state index in [1.54, 1.807) is 18.2 Å². The van der Waals surface area contributed by atoms with E-state index >= 15 is 0 Å². The first kappa shape index (κ1) is 30.0. The van der Waals surface area contributed by atoms with Gasteiger partial charge in [-0.05, 0) is 0 Å². The van der Waals surface area contributed by atoms with Crippen molar-refractivity contribution in [2.24, 2.45) is 0 Å². The Morgan fingerprint density at radius 3 is 2.12 bits per heavy atom. The molecule has 0 unspecified atom stereocenters. The molecule has 2 aliphatic rings. The molecule has 0 amide bonds. The number of carbonyl (C=O) groups excluding carboxylic acids is 6. The van der Waals surface area contributed by atoms with Gasteiger partial charge in [0.25, 0.3) is 0 Å². The lowest BCUT2D eigenvalue weighted by Gasteiger charge is -2.44. The predicted octanol–water partition coefficient (Wildman–Crippen LogP) is 1.01. The Kier molecular flexibility index (Phi) is 9.10. The van der Waals surface area contributed by atoms with Gasteiger partial charge in [-0.15, -0.1) is 5.10 Å². The van der Waals surface area contributed by atoms with Crippen LogP contribution in [0.2, 0.25) is 0 Å². The third-order valence-electron chi connectivity index (χ3n) is 6.08. The van der Waals surface area contributed by atoms with E-state index in [0.717, 1.165) is 38.5 Å². The summed E-state index contributed by atoms with van der Waals surface area (Å²) in [5.41, 5.74) is 0.661. The molecule has 5 atom stereocenters. The standard InChI is InChI=1S/C27H27N3O12/c1-13(31)37-12-22-24(39-14(2)32)25(40-15(3)33)26(41-16(4)34)27(42-22)30-10-17(28-29-30)11-38-21-9-20(35)18-7-5-6-8-19(18)23(21)36/h5-10,22,24-27H,11-12H2,1-4H3/t22-,24+,25+,26-,27-/m1/s1. The minimum absolute atomic E-state index is 0.180. The van der Waals surface area contributed by atoms with E-state index in [0.29, 0.717) is 0 Å². The van der Waals surface area contributed by atoms with Crippen molar-refractivity contribution >= 4 is 35.4 Å². The number of fused-ring (bicyclic) bond motifs is 1. The van der Waals surface area contributed by atoms with Crippen molar-refractivity contribution in [3.63, 3.8) is 0 Å². The van der Waals surface area contributed by atoms with E-state index in [1.807, 2.05) is 0 Å². The van der Waals surface area contributed by atoms with Crippen LogP contribution in [-0.2, 0) is 54.2 Å². The van der Waals surface area contributed by atoms with Gasteiger partial charge in [0, 0.05) is 44.9 Å². The summed E-state index contributed by atoms with van der Waals surface area (Å²) in [5, 5.41) is 8.00. The van der Waals surface area contributed by atoms with E-state index < -0.39 is 66.9 Å². The molecule has 2 aromatic rings. The molecule has 0 radical (unpaired) electrons. The van der Waals surface area contributed by atoms with Gasteiger partial charge in [-0.1, -0.05) is 29.5 Å². The van der Waals surface area contributed by atoms with Crippen molar-refractivity contribution in [3.05, 3.63) is 59.1 Å². The average Bonchev–Trinajstić information content (AvgIpc) is 3.39. The minimum atomic E-state index is -1.39. The van der Waals surface area contributed by atoms with Crippen LogP contribution in [0.1, 0.15) is 60.3 Å². The van der Waals surface area contributed by atoms with Crippen LogP contribution >= 0.6 is 0 Å². The number of rotatable bonds is 9. The van der Waals surface area contributed by atoms with E-state index in [1.165, 1.54) is 12.3 Å². The average molecular weight is 586 g/mol. The maximum absolute atomic E-state index is 12.8. The van der Waals surface area contributed by atoms with Gasteiger partial charge < -0.3 is 28.4 Å². The van der Waals surface area contributed by atoms with Gasteiger partial charge >= 0.3 is 23.9 Å². The largest absolute Gasteiger partial charge is 0.483 e. The van der Waals surface area contributed by atoms with Crippen LogP contribution in [0.5, 0.6) is 0 Å². The van der Waals surface area contributed by atoms with Gasteiger partial charge in [0.05, 0.1) is 6.20 Å². The third kappa shape index (κ3) is 6.86. The van der Waals surface area contributed by atoms with Crippen LogP contribution < -0.4 is 0 Å². The molecule has 1 aliphatic heterocycles. The fourth-order valence-electron chi connectivity index (χ4n) is 4.47. The van der Waals surface area contributed by atoms with E-state index in [4.69, 9.17) is 28.4 Å². The third-order valence-corrected chi connectivity index (χ3v) is 6.08. The molecule has 0 bridgehead atoms. The summed E-state index contributed by atoms with van der Waals surface area (Å²) in [6.45, 7) is 3.81. The zero-order valence-corrected chi connectivity index (χ0v) is 23.0. The molecular weight excluding hydrogens is 558 g/mol. The molecule has 4 rings (SSSR count). The van der Waals surface area contributed by atoms with Gasteiger partial charge in [0.2, 0.25) is 5.78 Å². The lowest BCUT2D eigenvalue weighted by atomic mass is 9.94. The van der Waals surface area contributed by atoms with Crippen molar-refractivity contribution in [2.75, 3.05) is 6.61 Å². The molecule has 222 valence electrons. The molecule has 1 saturated heterocycles. The summed E-state index contributed by atoms with van der Waals surface area (Å²) in [7, 11) is 0. The number of ether oxygens (including phenoxy) is 6. The number of hydrogen-bond acceptors (Lipinski definition) is 14. The number of benzene rings is 1. The van der Waals surface area contributed by atoms with Crippen LogP contribution in [0.3, 0.4) is 0 Å². The Bertz CT molecular complexity index is 1450. The van der Waals surface area contributed by atoms with Crippen molar-refractivity contribution < 1.29 is 57.2 Å². The maximum atomic E-state index is 12.8. The quantitative estimate of drug-likeness (QED) is 0.299. The van der Waals surface area contributed by atoms with Crippen LogP contribution in [0, 0.1) is 0 Å². The van der Waals surface area contributed by atoms with Crippen LogP contribution in [-0.4, -0.2) is 81.5 Å². The minimum Gasteiger partial charge on any atom is -0.483 e. The highest BCUT2D eigenvalue weighted by atomic mass is 16.7. The van der Waals surface area contributed by atoms with Crippen molar-refractivity contribution in [2.45, 2.75) is 64.9 Å². The molecule has 0 N–H and O–H groups in total. The molecule has 1 aliphatic carbocycles. The number of carbonyl (C=O) groups is 6. The first-order valence-corrected chi connectivity index (χ1v) is 12.7. The second kappa shape index (κ2) is 12.7. The lowest BCUT2D eigenvalue weighted by molar-refractivity contribution is -0.270. The Morgan fingerprint density at radius 1 is 0.857 bits per heavy atom. The number of aromatic nitrogens is 3. The molecule has 0 saturated carbocycles. The summed E-state index contributed by atoms with van der Waals surface area (Å²) in [6, 6.07) is 6.34. The molecule has 0 spiro atoms. The van der Waals surface area contributed by atoms with Gasteiger partial charge in [0.15, 0.2) is 36.1 Å². The topological polar surface area (TPSA) is 189 Å². The van der Waals surface area contributed by atoms with Crippen LogP contribution in [0.4, 0.5) is 0 Å². The van der Waals surface area contributed by atoms with Crippen molar-refractivity contribution in [1.82, 2.24) is 15.0 Å². The zero-order valence-electron chi connectivity index (χ0n) is 23.0. The van der Waals surface area contributed by atoms with Gasteiger partial charge in [-0.3, -0.25) is 28.8 Å². The second-order valence-electron chi connectivity index (χ2n) is 9.32. The first-order chi connectivity index (χ1) is 19.9. The molecule has 1 aromatic heterocycles. The first-order valence-electron chi connectivity index (χ1n) is 12.7. The maximum Gasteiger partial charge on any atom is 0.303 e. The number of ketones is 2. The second-order valence-corrected chi connectivity index (χ2v) is 9.32. The normalized spacial score (nSPS) is 23.2.